The third kappa shape index (κ3) is 2.45. The number of carbonyl (C=O) groups excluding carboxylic acids is 1. The lowest BCUT2D eigenvalue weighted by Crippen LogP contribution is -2.06. The zero-order valence-corrected chi connectivity index (χ0v) is 11.4. The van der Waals surface area contributed by atoms with Gasteiger partial charge in [0, 0.05) is 24.2 Å². The fourth-order valence-corrected chi connectivity index (χ4v) is 1.56. The van der Waals surface area contributed by atoms with Crippen molar-refractivity contribution in [3.63, 3.8) is 0 Å². The first-order valence-electron chi connectivity index (χ1n) is 5.77. The number of pyridine rings is 1. The lowest BCUT2D eigenvalue weighted by Gasteiger charge is -2.07. The van der Waals surface area contributed by atoms with E-state index in [1.165, 1.54) is 14.2 Å². The zero-order valence-electron chi connectivity index (χ0n) is 11.4. The summed E-state index contributed by atoms with van der Waals surface area (Å²) in [5, 5.41) is 0. The first kappa shape index (κ1) is 14.0. The molecule has 0 radical (unpaired) electrons. The van der Waals surface area contributed by atoms with Crippen LogP contribution < -0.4 is 4.74 Å². The predicted octanol–water partition coefficient (Wildman–Crippen LogP) is 2.46. The van der Waals surface area contributed by atoms with Crippen LogP contribution in [-0.2, 0) is 4.74 Å². The monoisotopic (exact) mass is 250 g/mol. The molecule has 0 saturated carbocycles. The second-order valence-corrected chi connectivity index (χ2v) is 3.37. The number of fused-ring (bicyclic) bond motifs is 1. The van der Waals surface area contributed by atoms with Gasteiger partial charge < -0.3 is 13.9 Å². The highest BCUT2D eigenvalue weighted by atomic mass is 16.5. The van der Waals surface area contributed by atoms with Gasteiger partial charge >= 0.3 is 5.97 Å². The van der Waals surface area contributed by atoms with Crippen LogP contribution in [0.25, 0.3) is 5.65 Å². The normalized spacial score (nSPS) is 9.61. The summed E-state index contributed by atoms with van der Waals surface area (Å²) in [5.74, 6) is 0.0387. The minimum Gasteiger partial charge on any atom is -0.496 e. The first-order valence-corrected chi connectivity index (χ1v) is 5.77. The van der Waals surface area contributed by atoms with Gasteiger partial charge in [-0.05, 0) is 6.92 Å². The Morgan fingerprint density at radius 3 is 2.56 bits per heavy atom. The molecule has 0 aliphatic rings. The molecule has 0 N–H and O–H groups in total. The van der Waals surface area contributed by atoms with Gasteiger partial charge in [0.2, 0.25) is 0 Å². The van der Waals surface area contributed by atoms with Crippen LogP contribution in [0.4, 0.5) is 0 Å². The van der Waals surface area contributed by atoms with Crippen molar-refractivity contribution in [1.82, 2.24) is 9.38 Å². The summed E-state index contributed by atoms with van der Waals surface area (Å²) >= 11 is 0. The van der Waals surface area contributed by atoms with E-state index in [-0.39, 0.29) is 0 Å². The van der Waals surface area contributed by atoms with Crippen LogP contribution in [0.3, 0.4) is 0 Å². The molecular weight excluding hydrogens is 232 g/mol. The Balaban J connectivity index is 0.000000771. The van der Waals surface area contributed by atoms with Gasteiger partial charge in [-0.15, -0.1) is 0 Å². The van der Waals surface area contributed by atoms with Crippen molar-refractivity contribution in [1.29, 1.82) is 0 Å². The molecule has 18 heavy (non-hydrogen) atoms. The van der Waals surface area contributed by atoms with Crippen LogP contribution in [0.1, 0.15) is 29.9 Å². The van der Waals surface area contributed by atoms with Crippen LogP contribution >= 0.6 is 0 Å². The van der Waals surface area contributed by atoms with E-state index < -0.39 is 5.97 Å². The van der Waals surface area contributed by atoms with Gasteiger partial charge in [0.1, 0.15) is 17.0 Å². The molecule has 98 valence electrons. The summed E-state index contributed by atoms with van der Waals surface area (Å²) in [6, 6.07) is 1.71. The Morgan fingerprint density at radius 2 is 2.00 bits per heavy atom. The van der Waals surface area contributed by atoms with Crippen LogP contribution in [0.5, 0.6) is 5.75 Å². The fraction of sp³-hybridized carbons (Fsp3) is 0.385. The molecule has 0 fully saturated rings. The van der Waals surface area contributed by atoms with Gasteiger partial charge in [0.25, 0.3) is 0 Å². The quantitative estimate of drug-likeness (QED) is 0.768. The van der Waals surface area contributed by atoms with E-state index in [1.54, 1.807) is 18.5 Å². The number of aromatic nitrogens is 2. The summed E-state index contributed by atoms with van der Waals surface area (Å²) in [6.45, 7) is 5.91. The van der Waals surface area contributed by atoms with Gasteiger partial charge in [0.15, 0.2) is 0 Å². The summed E-state index contributed by atoms with van der Waals surface area (Å²) in [6.07, 6.45) is 3.40. The highest BCUT2D eigenvalue weighted by Gasteiger charge is 2.15. The number of methoxy groups -OCH3 is 2. The second kappa shape index (κ2) is 6.05. The molecule has 2 rings (SSSR count). The highest BCUT2D eigenvalue weighted by Crippen LogP contribution is 2.21. The number of rotatable bonds is 2. The number of esters is 1. The molecule has 0 aromatic carbocycles. The van der Waals surface area contributed by atoms with Crippen molar-refractivity contribution >= 4 is 11.6 Å². The molecule has 5 heteroatoms. The number of hydrogen-bond acceptors (Lipinski definition) is 4. The molecule has 2 heterocycles. The zero-order chi connectivity index (χ0) is 13.7. The van der Waals surface area contributed by atoms with E-state index in [4.69, 9.17) is 9.47 Å². The summed E-state index contributed by atoms with van der Waals surface area (Å²) < 4.78 is 11.6. The lowest BCUT2D eigenvalue weighted by molar-refractivity contribution is 0.0596. The SMILES string of the molecule is CC.COC(=O)c1cn2c(C)cnc2cc1OC. The summed E-state index contributed by atoms with van der Waals surface area (Å²) in [4.78, 5) is 15.7. The lowest BCUT2D eigenvalue weighted by atomic mass is 10.2. The van der Waals surface area contributed by atoms with E-state index in [0.717, 1.165) is 11.3 Å². The van der Waals surface area contributed by atoms with E-state index in [2.05, 4.69) is 4.98 Å². The largest absolute Gasteiger partial charge is 0.496 e. The maximum atomic E-state index is 11.5. The number of hydrogen-bond donors (Lipinski definition) is 0. The number of nitrogens with zero attached hydrogens (tertiary/aromatic N) is 2. The Morgan fingerprint density at radius 1 is 1.33 bits per heavy atom. The summed E-state index contributed by atoms with van der Waals surface area (Å²) in [5.41, 5.74) is 2.07. The van der Waals surface area contributed by atoms with Crippen molar-refractivity contribution in [2.24, 2.45) is 0 Å². The van der Waals surface area contributed by atoms with E-state index >= 15 is 0 Å². The molecule has 0 aliphatic heterocycles. The third-order valence-corrected chi connectivity index (χ3v) is 2.42. The van der Waals surface area contributed by atoms with E-state index in [1.807, 2.05) is 25.2 Å². The molecule has 0 amide bonds. The maximum absolute atomic E-state index is 11.5. The number of imidazole rings is 1. The third-order valence-electron chi connectivity index (χ3n) is 2.42. The van der Waals surface area contributed by atoms with Gasteiger partial charge in [-0.25, -0.2) is 9.78 Å². The second-order valence-electron chi connectivity index (χ2n) is 3.37. The Hall–Kier alpha value is -2.04. The fourth-order valence-electron chi connectivity index (χ4n) is 1.56. The van der Waals surface area contributed by atoms with Crippen molar-refractivity contribution in [3.8, 4) is 5.75 Å². The molecule has 5 nitrogen and oxygen atoms in total. The first-order chi connectivity index (χ1) is 8.67. The van der Waals surface area contributed by atoms with E-state index in [9.17, 15) is 4.79 Å². The molecular formula is C13H18N2O3. The molecule has 2 aromatic rings. The van der Waals surface area contributed by atoms with Crippen LogP contribution in [0.2, 0.25) is 0 Å². The van der Waals surface area contributed by atoms with Crippen molar-refractivity contribution in [2.75, 3.05) is 14.2 Å². The number of aryl methyl sites for hydroxylation is 1. The summed E-state index contributed by atoms with van der Waals surface area (Å²) in [7, 11) is 2.85. The molecule has 0 bridgehead atoms. The minimum atomic E-state index is -0.424. The average Bonchev–Trinajstić information content (AvgIpc) is 2.79. The Kier molecular flexibility index (Phi) is 4.71. The molecule has 2 aromatic heterocycles. The standard InChI is InChI=1S/C11H12N2O3.C2H6/c1-7-5-12-10-4-9(15-2)8(6-13(7)10)11(14)16-3;1-2/h4-6H,1-3H3;1-2H3. The number of carbonyl (C=O) groups is 1. The molecule has 0 spiro atoms. The van der Waals surface area contributed by atoms with Gasteiger partial charge in [0.05, 0.1) is 14.2 Å². The minimum absolute atomic E-state index is 0.388. The predicted molar refractivity (Wildman–Crippen MR) is 69.2 cm³/mol. The van der Waals surface area contributed by atoms with Crippen molar-refractivity contribution in [3.05, 3.63) is 29.7 Å². The van der Waals surface area contributed by atoms with Crippen molar-refractivity contribution in [2.45, 2.75) is 20.8 Å². The van der Waals surface area contributed by atoms with E-state index in [0.29, 0.717) is 11.3 Å². The van der Waals surface area contributed by atoms with Gasteiger partial charge in [-0.2, -0.15) is 0 Å². The topological polar surface area (TPSA) is 52.8 Å². The Labute approximate surface area is 106 Å². The molecule has 0 unspecified atom stereocenters. The van der Waals surface area contributed by atoms with Gasteiger partial charge in [-0.1, -0.05) is 13.8 Å². The van der Waals surface area contributed by atoms with Crippen LogP contribution in [-0.4, -0.2) is 29.6 Å². The molecule has 0 saturated heterocycles. The van der Waals surface area contributed by atoms with Crippen molar-refractivity contribution < 1.29 is 14.3 Å². The average molecular weight is 250 g/mol. The molecule has 0 aliphatic carbocycles. The molecule has 0 atom stereocenters. The maximum Gasteiger partial charge on any atom is 0.343 e. The van der Waals surface area contributed by atoms with Crippen LogP contribution in [0.15, 0.2) is 18.5 Å². The number of ether oxygens (including phenoxy) is 2. The van der Waals surface area contributed by atoms with Gasteiger partial charge in [-0.3, -0.25) is 0 Å². The highest BCUT2D eigenvalue weighted by molar-refractivity contribution is 5.92. The Bertz CT molecular complexity index is 546. The smallest absolute Gasteiger partial charge is 0.343 e. The van der Waals surface area contributed by atoms with Crippen LogP contribution in [0, 0.1) is 6.92 Å².